The molecule has 0 amide bonds. The fourth-order valence-corrected chi connectivity index (χ4v) is 3.53. The number of benzene rings is 1. The van der Waals surface area contributed by atoms with E-state index in [2.05, 4.69) is 38.2 Å². The van der Waals surface area contributed by atoms with E-state index in [-0.39, 0.29) is 17.1 Å². The van der Waals surface area contributed by atoms with Crippen LogP contribution >= 0.6 is 27.7 Å². The minimum Gasteiger partial charge on any atom is -0.412 e. The van der Waals surface area contributed by atoms with Crippen LogP contribution in [-0.4, -0.2) is 33.2 Å². The van der Waals surface area contributed by atoms with Crippen LogP contribution in [0.4, 0.5) is 10.1 Å². The van der Waals surface area contributed by atoms with E-state index in [1.54, 1.807) is 0 Å². The number of aliphatic imine (C=N–C) groups is 1. The van der Waals surface area contributed by atoms with Crippen molar-refractivity contribution in [3.05, 3.63) is 34.2 Å². The average molecular weight is 475 g/mol. The van der Waals surface area contributed by atoms with Crippen molar-refractivity contribution in [3.8, 4) is 0 Å². The Morgan fingerprint density at radius 3 is 2.75 bits per heavy atom. The lowest BCUT2D eigenvalue weighted by molar-refractivity contribution is -0.119. The topological polar surface area (TPSA) is 126 Å². The lowest BCUT2D eigenvalue weighted by Gasteiger charge is -2.02. The first-order chi connectivity index (χ1) is 13.0. The van der Waals surface area contributed by atoms with Gasteiger partial charge in [0.15, 0.2) is 16.6 Å². The number of hydrogen-bond donors (Lipinski definition) is 1. The van der Waals surface area contributed by atoms with Gasteiger partial charge in [-0.15, -0.1) is 11.8 Å². The molecule has 0 saturated heterocycles. The van der Waals surface area contributed by atoms with Gasteiger partial charge in [0.2, 0.25) is 0 Å². The predicted octanol–water partition coefficient (Wildman–Crippen LogP) is 4.21. The highest BCUT2D eigenvalue weighted by Gasteiger charge is 2.15. The van der Waals surface area contributed by atoms with Crippen LogP contribution in [0.2, 0.25) is 0 Å². The van der Waals surface area contributed by atoms with Gasteiger partial charge in [0, 0.05) is 18.6 Å². The number of rotatable bonds is 11. The van der Waals surface area contributed by atoms with Crippen molar-refractivity contribution in [2.45, 2.75) is 50.5 Å². The molecule has 4 N–H and O–H groups in total. The third kappa shape index (κ3) is 7.69. The number of unbranched alkanes of at least 4 members (excludes halogenated alkanes) is 2. The number of nitrogens with zero attached hydrogens (tertiary/aromatic N) is 3. The fraction of sp³-hybridized carbons (Fsp3) is 0.444. The molecular weight excluding hydrogens is 451 g/mol. The summed E-state index contributed by atoms with van der Waals surface area (Å²) in [5.41, 5.74) is 6.82. The summed E-state index contributed by atoms with van der Waals surface area (Å²) in [6.45, 7) is 2.12. The third-order valence-electron chi connectivity index (χ3n) is 3.75. The van der Waals surface area contributed by atoms with Gasteiger partial charge in [-0.1, -0.05) is 19.8 Å². The number of thioether (sulfide) groups is 1. The molecule has 1 heterocycles. The van der Waals surface area contributed by atoms with E-state index in [1.807, 2.05) is 0 Å². The first-order valence-electron chi connectivity index (χ1n) is 8.78. The van der Waals surface area contributed by atoms with E-state index in [1.165, 1.54) is 30.0 Å². The van der Waals surface area contributed by atoms with Crippen molar-refractivity contribution in [3.63, 3.8) is 0 Å². The molecule has 28 heavy (non-hydrogen) atoms. The molecule has 0 radical (unpaired) electrons. The second-order valence-electron chi connectivity index (χ2n) is 5.96. The molecule has 0 aliphatic heterocycles. The first-order valence-corrected chi connectivity index (χ1v) is 10.6. The Morgan fingerprint density at radius 2 is 2.04 bits per heavy atom. The molecule has 0 saturated carbocycles. The normalized spacial score (nSPS) is 11.3. The second-order valence-corrected chi connectivity index (χ2v) is 7.90. The van der Waals surface area contributed by atoms with Gasteiger partial charge in [0.05, 0.1) is 10.2 Å². The fourth-order valence-electron chi connectivity index (χ4n) is 2.31. The van der Waals surface area contributed by atoms with Crippen LogP contribution in [0, 0.1) is 5.82 Å². The van der Waals surface area contributed by atoms with E-state index in [0.717, 1.165) is 25.7 Å². The third-order valence-corrected chi connectivity index (χ3v) is 5.39. The summed E-state index contributed by atoms with van der Waals surface area (Å²) in [7, 11) is 0. The number of hydrogen-bond acceptors (Lipinski definition) is 6. The molecule has 0 spiro atoms. The van der Waals surface area contributed by atoms with E-state index in [4.69, 9.17) is 10.4 Å². The summed E-state index contributed by atoms with van der Waals surface area (Å²) in [6, 6.07) is 4.33. The highest BCUT2D eigenvalue weighted by atomic mass is 79.9. The van der Waals surface area contributed by atoms with Gasteiger partial charge in [-0.05, 0) is 57.3 Å². The lowest BCUT2D eigenvalue weighted by atomic mass is 10.1. The summed E-state index contributed by atoms with van der Waals surface area (Å²) in [4.78, 5) is 16.0. The summed E-state index contributed by atoms with van der Waals surface area (Å²) in [5.74, 6) is 0.755. The van der Waals surface area contributed by atoms with E-state index in [9.17, 15) is 9.18 Å². The van der Waals surface area contributed by atoms with Gasteiger partial charge in [-0.25, -0.2) is 14.0 Å². The molecular formula is C18H24BrFN4O3S. The SMILES string of the molecule is CCCCCC(=O)CCCSc1nonc1C(N)=Nc1ccc(F)c(Br)c1.O. The number of ketones is 1. The standard InChI is InChI=1S/C18H22BrFN4O2S.H2O/c1-2-3-4-6-13(25)7-5-10-27-18-16(23-26-24-18)17(21)22-12-8-9-15(20)14(19)11-12;/h8-9,11H,2-7,10H2,1H3,(H2,21,22);1H2. The van der Waals surface area contributed by atoms with Crippen LogP contribution in [0.3, 0.4) is 0 Å². The van der Waals surface area contributed by atoms with Crippen molar-refractivity contribution < 1.29 is 19.3 Å². The molecule has 0 bridgehead atoms. The van der Waals surface area contributed by atoms with E-state index < -0.39 is 0 Å². The second kappa shape index (κ2) is 12.6. The maximum atomic E-state index is 13.3. The van der Waals surface area contributed by atoms with Gasteiger partial charge >= 0.3 is 0 Å². The van der Waals surface area contributed by atoms with E-state index >= 15 is 0 Å². The Hall–Kier alpha value is -1.78. The van der Waals surface area contributed by atoms with E-state index in [0.29, 0.717) is 45.3 Å². The molecule has 0 aliphatic carbocycles. The van der Waals surface area contributed by atoms with Gasteiger partial charge in [-0.2, -0.15) is 0 Å². The summed E-state index contributed by atoms with van der Waals surface area (Å²) in [5, 5.41) is 8.17. The number of Topliss-reactive ketones (excluding diaryl/α,β-unsaturated/α-hetero) is 1. The Morgan fingerprint density at radius 1 is 1.29 bits per heavy atom. The van der Waals surface area contributed by atoms with Gasteiger partial charge < -0.3 is 11.2 Å². The number of nitrogens with two attached hydrogens (primary N) is 1. The molecule has 10 heteroatoms. The van der Waals surface area contributed by atoms with Crippen LogP contribution in [0.1, 0.15) is 51.1 Å². The highest BCUT2D eigenvalue weighted by Crippen LogP contribution is 2.24. The van der Waals surface area contributed by atoms with Gasteiger partial charge in [-0.3, -0.25) is 4.79 Å². The van der Waals surface area contributed by atoms with Crippen molar-refractivity contribution in [1.82, 2.24) is 10.3 Å². The number of amidine groups is 1. The minimum absolute atomic E-state index is 0. The molecule has 2 aromatic rings. The van der Waals surface area contributed by atoms with Crippen molar-refractivity contribution >= 4 is 45.0 Å². The Labute approximate surface area is 175 Å². The molecule has 0 fully saturated rings. The maximum Gasteiger partial charge on any atom is 0.183 e. The van der Waals surface area contributed by atoms with Crippen LogP contribution < -0.4 is 5.73 Å². The lowest BCUT2D eigenvalue weighted by Crippen LogP contribution is -2.14. The van der Waals surface area contributed by atoms with Gasteiger partial charge in [0.25, 0.3) is 0 Å². The van der Waals surface area contributed by atoms with Crippen LogP contribution in [0.15, 0.2) is 37.3 Å². The summed E-state index contributed by atoms with van der Waals surface area (Å²) in [6.07, 6.45) is 5.14. The largest absolute Gasteiger partial charge is 0.412 e. The smallest absolute Gasteiger partial charge is 0.183 e. The van der Waals surface area contributed by atoms with Crippen LogP contribution in [-0.2, 0) is 4.79 Å². The summed E-state index contributed by atoms with van der Waals surface area (Å²) < 4.78 is 18.4. The molecule has 2 rings (SSSR count). The Kier molecular flexibility index (Phi) is 10.9. The maximum absolute atomic E-state index is 13.3. The van der Waals surface area contributed by atoms with Crippen LogP contribution in [0.5, 0.6) is 0 Å². The van der Waals surface area contributed by atoms with Crippen LogP contribution in [0.25, 0.3) is 0 Å². The molecule has 0 atom stereocenters. The molecule has 0 aliphatic rings. The minimum atomic E-state index is -0.379. The van der Waals surface area contributed by atoms with Gasteiger partial charge in [0.1, 0.15) is 11.6 Å². The highest BCUT2D eigenvalue weighted by molar-refractivity contribution is 9.10. The first kappa shape index (κ1) is 24.3. The zero-order chi connectivity index (χ0) is 19.6. The number of halogens is 2. The monoisotopic (exact) mass is 474 g/mol. The zero-order valence-corrected chi connectivity index (χ0v) is 18.0. The Balaban J connectivity index is 0.00000392. The number of carbonyl (C=O) groups excluding carboxylic acids is 1. The quantitative estimate of drug-likeness (QED) is 0.225. The summed E-state index contributed by atoms with van der Waals surface area (Å²) >= 11 is 4.53. The molecule has 154 valence electrons. The zero-order valence-electron chi connectivity index (χ0n) is 15.6. The molecule has 0 unspecified atom stereocenters. The number of aromatic nitrogens is 2. The number of carbonyl (C=O) groups is 1. The average Bonchev–Trinajstić information content (AvgIpc) is 3.11. The molecule has 1 aromatic carbocycles. The Bertz CT molecular complexity index is 801. The predicted molar refractivity (Wildman–Crippen MR) is 112 cm³/mol. The van der Waals surface area contributed by atoms with Crippen molar-refractivity contribution in [2.75, 3.05) is 5.75 Å². The van der Waals surface area contributed by atoms with Crippen molar-refractivity contribution in [1.29, 1.82) is 0 Å². The molecule has 1 aromatic heterocycles. The molecule has 7 nitrogen and oxygen atoms in total. The van der Waals surface area contributed by atoms with Crippen molar-refractivity contribution in [2.24, 2.45) is 10.7 Å².